The molecule has 3 rings (SSSR count). The Balaban J connectivity index is 1.73. The van der Waals surface area contributed by atoms with Gasteiger partial charge in [0.2, 0.25) is 5.91 Å². The van der Waals surface area contributed by atoms with Gasteiger partial charge in [0, 0.05) is 27.8 Å². The average Bonchev–Trinajstić information content (AvgIpc) is 3.03. The third kappa shape index (κ3) is 5.13. The van der Waals surface area contributed by atoms with Crippen LogP contribution in [0.25, 0.3) is 11.4 Å². The van der Waals surface area contributed by atoms with Crippen molar-refractivity contribution in [2.24, 2.45) is 0 Å². The number of rotatable bonds is 7. The zero-order chi connectivity index (χ0) is 19.2. The van der Waals surface area contributed by atoms with Crippen molar-refractivity contribution in [2.75, 3.05) is 11.1 Å². The predicted octanol–water partition coefficient (Wildman–Crippen LogP) is 5.17. The number of aromatic nitrogens is 3. The molecule has 1 N–H and O–H groups in total. The highest BCUT2D eigenvalue weighted by atomic mass is 35.5. The Hall–Kier alpha value is -2.28. The summed E-state index contributed by atoms with van der Waals surface area (Å²) in [6.07, 6.45) is 1.76. The van der Waals surface area contributed by atoms with Gasteiger partial charge in [0.15, 0.2) is 11.0 Å². The van der Waals surface area contributed by atoms with Gasteiger partial charge in [-0.3, -0.25) is 9.36 Å². The zero-order valence-corrected chi connectivity index (χ0v) is 16.6. The van der Waals surface area contributed by atoms with E-state index in [0.717, 1.165) is 5.56 Å². The van der Waals surface area contributed by atoms with Crippen molar-refractivity contribution in [1.29, 1.82) is 0 Å². The van der Waals surface area contributed by atoms with Crippen LogP contribution in [0.2, 0.25) is 10.0 Å². The lowest BCUT2D eigenvalue weighted by molar-refractivity contribution is -0.113. The molecule has 0 bridgehead atoms. The number of hydrogen-bond donors (Lipinski definition) is 1. The second-order valence-corrected chi connectivity index (χ2v) is 7.38. The Morgan fingerprint density at radius 2 is 1.89 bits per heavy atom. The summed E-state index contributed by atoms with van der Waals surface area (Å²) in [4.78, 5) is 12.2. The van der Waals surface area contributed by atoms with Crippen molar-refractivity contribution in [3.05, 3.63) is 71.2 Å². The summed E-state index contributed by atoms with van der Waals surface area (Å²) in [5, 5.41) is 13.1. The minimum absolute atomic E-state index is 0.153. The number of thioether (sulfide) groups is 1. The molecule has 1 amide bonds. The first-order valence-corrected chi connectivity index (χ1v) is 9.79. The fourth-order valence-electron chi connectivity index (χ4n) is 2.42. The molecule has 0 saturated carbocycles. The van der Waals surface area contributed by atoms with Crippen LogP contribution in [0.1, 0.15) is 0 Å². The van der Waals surface area contributed by atoms with Crippen LogP contribution in [-0.4, -0.2) is 26.4 Å². The molecular weight excluding hydrogens is 403 g/mol. The van der Waals surface area contributed by atoms with Gasteiger partial charge >= 0.3 is 0 Å². The van der Waals surface area contributed by atoms with E-state index in [0.29, 0.717) is 33.3 Å². The molecule has 1 aromatic heterocycles. The van der Waals surface area contributed by atoms with Crippen LogP contribution in [0.3, 0.4) is 0 Å². The Morgan fingerprint density at radius 1 is 1.15 bits per heavy atom. The van der Waals surface area contributed by atoms with Crippen molar-refractivity contribution < 1.29 is 4.79 Å². The van der Waals surface area contributed by atoms with E-state index in [2.05, 4.69) is 22.1 Å². The van der Waals surface area contributed by atoms with E-state index in [1.165, 1.54) is 11.8 Å². The molecule has 0 fully saturated rings. The van der Waals surface area contributed by atoms with Crippen molar-refractivity contribution in [2.45, 2.75) is 11.7 Å². The number of allylic oxidation sites excluding steroid dienone is 1. The first kappa shape index (κ1) is 19.5. The van der Waals surface area contributed by atoms with Gasteiger partial charge in [-0.25, -0.2) is 0 Å². The normalized spacial score (nSPS) is 10.6. The highest BCUT2D eigenvalue weighted by Crippen LogP contribution is 2.26. The molecule has 0 spiro atoms. The molecule has 1 heterocycles. The van der Waals surface area contributed by atoms with Crippen LogP contribution in [-0.2, 0) is 11.3 Å². The molecule has 3 aromatic rings. The minimum atomic E-state index is -0.153. The van der Waals surface area contributed by atoms with Gasteiger partial charge in [-0.2, -0.15) is 0 Å². The standard InChI is InChI=1S/C19H16Cl2N4OS/c1-2-9-25-18(13-5-3-6-14(20)10-13)23-24-19(25)27-12-17(26)22-16-8-4-7-15(21)11-16/h2-8,10-11H,1,9,12H2,(H,22,26). The predicted molar refractivity (Wildman–Crippen MR) is 111 cm³/mol. The first-order valence-electron chi connectivity index (χ1n) is 8.05. The lowest BCUT2D eigenvalue weighted by Gasteiger charge is -2.08. The van der Waals surface area contributed by atoms with Crippen LogP contribution in [0.15, 0.2) is 66.3 Å². The number of carbonyl (C=O) groups is 1. The van der Waals surface area contributed by atoms with Gasteiger partial charge < -0.3 is 5.32 Å². The quantitative estimate of drug-likeness (QED) is 0.424. The Morgan fingerprint density at radius 3 is 2.59 bits per heavy atom. The molecule has 5 nitrogen and oxygen atoms in total. The van der Waals surface area contributed by atoms with Crippen molar-refractivity contribution in [1.82, 2.24) is 14.8 Å². The largest absolute Gasteiger partial charge is 0.325 e. The number of hydrogen-bond acceptors (Lipinski definition) is 4. The maximum absolute atomic E-state index is 12.2. The molecule has 138 valence electrons. The topological polar surface area (TPSA) is 59.8 Å². The first-order chi connectivity index (χ1) is 13.1. The summed E-state index contributed by atoms with van der Waals surface area (Å²) in [5.74, 6) is 0.715. The lowest BCUT2D eigenvalue weighted by atomic mass is 10.2. The Labute approximate surface area is 171 Å². The second-order valence-electron chi connectivity index (χ2n) is 5.56. The Kier molecular flexibility index (Phi) is 6.55. The number of benzene rings is 2. The number of nitrogens with zero attached hydrogens (tertiary/aromatic N) is 3. The van der Waals surface area contributed by atoms with Gasteiger partial charge in [0.25, 0.3) is 0 Å². The van der Waals surface area contributed by atoms with Crippen LogP contribution >= 0.6 is 35.0 Å². The monoisotopic (exact) mass is 418 g/mol. The number of halogens is 2. The molecule has 0 aliphatic heterocycles. The average molecular weight is 419 g/mol. The smallest absolute Gasteiger partial charge is 0.234 e. The van der Waals surface area contributed by atoms with E-state index in [4.69, 9.17) is 23.2 Å². The van der Waals surface area contributed by atoms with Gasteiger partial charge in [0.05, 0.1) is 5.75 Å². The number of amides is 1. The molecule has 0 unspecified atom stereocenters. The van der Waals surface area contributed by atoms with Crippen molar-refractivity contribution in [3.8, 4) is 11.4 Å². The molecule has 0 saturated heterocycles. The summed E-state index contributed by atoms with van der Waals surface area (Å²) < 4.78 is 1.90. The van der Waals surface area contributed by atoms with Crippen molar-refractivity contribution >= 4 is 46.6 Å². The third-order valence-electron chi connectivity index (χ3n) is 3.55. The summed E-state index contributed by atoms with van der Waals surface area (Å²) in [5.41, 5.74) is 1.51. The summed E-state index contributed by atoms with van der Waals surface area (Å²) in [6.45, 7) is 4.31. The number of anilines is 1. The van der Waals surface area contributed by atoms with Crippen molar-refractivity contribution in [3.63, 3.8) is 0 Å². The van der Waals surface area contributed by atoms with E-state index in [1.54, 1.807) is 36.4 Å². The van der Waals surface area contributed by atoms with Gasteiger partial charge in [0.1, 0.15) is 0 Å². The Bertz CT molecular complexity index is 974. The number of nitrogens with one attached hydrogen (secondary N) is 1. The van der Waals surface area contributed by atoms with E-state index >= 15 is 0 Å². The minimum Gasteiger partial charge on any atom is -0.325 e. The van der Waals surface area contributed by atoms with E-state index < -0.39 is 0 Å². The summed E-state index contributed by atoms with van der Waals surface area (Å²) >= 11 is 13.3. The fraction of sp³-hybridized carbons (Fsp3) is 0.105. The van der Waals surface area contributed by atoms with E-state index in [-0.39, 0.29) is 11.7 Å². The molecule has 27 heavy (non-hydrogen) atoms. The molecular formula is C19H16Cl2N4OS. The third-order valence-corrected chi connectivity index (χ3v) is 4.99. The van der Waals surface area contributed by atoms with E-state index in [1.807, 2.05) is 22.8 Å². The highest BCUT2D eigenvalue weighted by molar-refractivity contribution is 7.99. The van der Waals surface area contributed by atoms with Gasteiger partial charge in [-0.05, 0) is 30.3 Å². The molecule has 8 heteroatoms. The maximum Gasteiger partial charge on any atom is 0.234 e. The SMILES string of the molecule is C=CCn1c(SCC(=O)Nc2cccc(Cl)c2)nnc1-c1cccc(Cl)c1. The van der Waals surface area contributed by atoms with Gasteiger partial charge in [-0.1, -0.05) is 59.2 Å². The molecule has 0 aliphatic rings. The molecule has 0 aliphatic carbocycles. The maximum atomic E-state index is 12.2. The molecule has 0 radical (unpaired) electrons. The summed E-state index contributed by atoms with van der Waals surface area (Å²) in [7, 11) is 0. The van der Waals surface area contributed by atoms with Crippen LogP contribution in [0.4, 0.5) is 5.69 Å². The highest BCUT2D eigenvalue weighted by Gasteiger charge is 2.15. The molecule has 0 atom stereocenters. The zero-order valence-electron chi connectivity index (χ0n) is 14.2. The van der Waals surface area contributed by atoms with Crippen LogP contribution in [0, 0.1) is 0 Å². The lowest BCUT2D eigenvalue weighted by Crippen LogP contribution is -2.14. The summed E-state index contributed by atoms with van der Waals surface area (Å²) in [6, 6.07) is 14.4. The molecule has 2 aromatic carbocycles. The van der Waals surface area contributed by atoms with Crippen LogP contribution in [0.5, 0.6) is 0 Å². The van der Waals surface area contributed by atoms with Gasteiger partial charge in [-0.15, -0.1) is 16.8 Å². The van der Waals surface area contributed by atoms with Crippen LogP contribution < -0.4 is 5.32 Å². The fourth-order valence-corrected chi connectivity index (χ4v) is 3.55. The second kappa shape index (κ2) is 9.08. The van der Waals surface area contributed by atoms with E-state index in [9.17, 15) is 4.79 Å². The number of carbonyl (C=O) groups excluding carboxylic acids is 1.